The quantitative estimate of drug-likeness (QED) is 0.425. The highest BCUT2D eigenvalue weighted by molar-refractivity contribution is 6.07. The van der Waals surface area contributed by atoms with E-state index in [9.17, 15) is 4.79 Å². The number of carbonyl (C=O) groups is 1. The van der Waals surface area contributed by atoms with Crippen molar-refractivity contribution in [3.63, 3.8) is 0 Å². The van der Waals surface area contributed by atoms with Gasteiger partial charge in [0.05, 0.1) is 0 Å². The third-order valence-corrected chi connectivity index (χ3v) is 5.15. The van der Waals surface area contributed by atoms with Crippen LogP contribution in [0.15, 0.2) is 73.1 Å². The van der Waals surface area contributed by atoms with Crippen LogP contribution in [0.25, 0.3) is 11.1 Å². The fraction of sp³-hybridized carbons (Fsp3) is 0.0870. The SMILES string of the molecule is O=C(Nc1cccc(CNc2nc[nH]n2)c1)c1cccc2c1Cc1ccccc1-2. The standard InChI is InChI=1S/C23H19N5O/c29-22(20-10-4-9-19-18-8-2-1-6-16(18)12-21(19)20)27-17-7-3-5-15(11-17)13-24-23-25-14-26-28-23/h1-11,14H,12-13H2,(H,27,29)(H2,24,25,26,28). The third-order valence-electron chi connectivity index (χ3n) is 5.15. The van der Waals surface area contributed by atoms with E-state index in [1.165, 1.54) is 17.5 Å². The number of carbonyl (C=O) groups excluding carboxylic acids is 1. The van der Waals surface area contributed by atoms with Gasteiger partial charge < -0.3 is 10.6 Å². The average Bonchev–Trinajstić information content (AvgIpc) is 3.40. The highest BCUT2D eigenvalue weighted by atomic mass is 16.1. The van der Waals surface area contributed by atoms with Crippen molar-refractivity contribution in [2.24, 2.45) is 0 Å². The van der Waals surface area contributed by atoms with Crippen LogP contribution >= 0.6 is 0 Å². The molecule has 29 heavy (non-hydrogen) atoms. The van der Waals surface area contributed by atoms with Gasteiger partial charge in [-0.1, -0.05) is 48.5 Å². The lowest BCUT2D eigenvalue weighted by Gasteiger charge is -2.11. The largest absolute Gasteiger partial charge is 0.349 e. The summed E-state index contributed by atoms with van der Waals surface area (Å²) < 4.78 is 0. The van der Waals surface area contributed by atoms with Crippen molar-refractivity contribution >= 4 is 17.5 Å². The second kappa shape index (κ2) is 7.24. The number of aromatic nitrogens is 3. The van der Waals surface area contributed by atoms with Crippen LogP contribution in [0, 0.1) is 0 Å². The number of nitrogens with one attached hydrogen (secondary N) is 3. The van der Waals surface area contributed by atoms with Gasteiger partial charge >= 0.3 is 0 Å². The van der Waals surface area contributed by atoms with Gasteiger partial charge in [-0.05, 0) is 52.4 Å². The molecule has 0 spiro atoms. The van der Waals surface area contributed by atoms with E-state index in [0.717, 1.165) is 34.4 Å². The summed E-state index contributed by atoms with van der Waals surface area (Å²) >= 11 is 0. The van der Waals surface area contributed by atoms with E-state index in [4.69, 9.17) is 0 Å². The van der Waals surface area contributed by atoms with E-state index in [1.54, 1.807) is 0 Å². The Morgan fingerprint density at radius 1 is 1.00 bits per heavy atom. The second-order valence-electron chi connectivity index (χ2n) is 7.00. The molecule has 6 nitrogen and oxygen atoms in total. The van der Waals surface area contributed by atoms with Crippen LogP contribution in [-0.4, -0.2) is 21.1 Å². The van der Waals surface area contributed by atoms with Gasteiger partial charge in [0, 0.05) is 17.8 Å². The van der Waals surface area contributed by atoms with Crippen molar-refractivity contribution in [3.05, 3.63) is 95.3 Å². The Labute approximate surface area is 168 Å². The maximum Gasteiger partial charge on any atom is 0.255 e. The smallest absolute Gasteiger partial charge is 0.255 e. The Morgan fingerprint density at radius 3 is 2.76 bits per heavy atom. The van der Waals surface area contributed by atoms with E-state index in [2.05, 4.69) is 44.0 Å². The molecule has 6 heteroatoms. The monoisotopic (exact) mass is 381 g/mol. The summed E-state index contributed by atoms with van der Waals surface area (Å²) in [6, 6.07) is 22.0. The highest BCUT2D eigenvalue weighted by Crippen LogP contribution is 2.38. The molecule has 0 atom stereocenters. The highest BCUT2D eigenvalue weighted by Gasteiger charge is 2.23. The van der Waals surface area contributed by atoms with Crippen LogP contribution in [-0.2, 0) is 13.0 Å². The Kier molecular flexibility index (Phi) is 4.29. The first-order valence-corrected chi connectivity index (χ1v) is 9.48. The molecule has 0 aliphatic heterocycles. The van der Waals surface area contributed by atoms with Crippen molar-refractivity contribution in [2.75, 3.05) is 10.6 Å². The van der Waals surface area contributed by atoms with Gasteiger partial charge in [0.25, 0.3) is 5.91 Å². The molecule has 0 radical (unpaired) electrons. The summed E-state index contributed by atoms with van der Waals surface area (Å²) in [6.07, 6.45) is 2.31. The van der Waals surface area contributed by atoms with Crippen LogP contribution in [0.3, 0.4) is 0 Å². The maximum absolute atomic E-state index is 13.0. The molecule has 0 fully saturated rings. The number of anilines is 2. The molecule has 1 aromatic heterocycles. The number of aromatic amines is 1. The molecule has 0 bridgehead atoms. The molecule has 1 aliphatic rings. The average molecular weight is 381 g/mol. The fourth-order valence-corrected chi connectivity index (χ4v) is 3.80. The van der Waals surface area contributed by atoms with Gasteiger partial charge in [0.15, 0.2) is 0 Å². The summed E-state index contributed by atoms with van der Waals surface area (Å²) in [6.45, 7) is 0.567. The van der Waals surface area contributed by atoms with E-state index >= 15 is 0 Å². The number of rotatable bonds is 5. The number of fused-ring (bicyclic) bond motifs is 3. The molecule has 0 saturated heterocycles. The molecule has 3 aromatic carbocycles. The van der Waals surface area contributed by atoms with Gasteiger partial charge in [-0.3, -0.25) is 9.89 Å². The summed E-state index contributed by atoms with van der Waals surface area (Å²) in [7, 11) is 0. The van der Waals surface area contributed by atoms with Crippen molar-refractivity contribution < 1.29 is 4.79 Å². The van der Waals surface area contributed by atoms with Crippen molar-refractivity contribution in [1.82, 2.24) is 15.2 Å². The molecule has 4 aromatic rings. The Hall–Kier alpha value is -3.93. The van der Waals surface area contributed by atoms with Gasteiger partial charge in [-0.2, -0.15) is 0 Å². The molecule has 1 amide bonds. The van der Waals surface area contributed by atoms with E-state index in [0.29, 0.717) is 12.5 Å². The maximum atomic E-state index is 13.0. The summed E-state index contributed by atoms with van der Waals surface area (Å²) in [5.74, 6) is 0.451. The molecule has 3 N–H and O–H groups in total. The minimum Gasteiger partial charge on any atom is -0.349 e. The normalized spacial score (nSPS) is 11.6. The van der Waals surface area contributed by atoms with E-state index < -0.39 is 0 Å². The van der Waals surface area contributed by atoms with Crippen molar-refractivity contribution in [1.29, 1.82) is 0 Å². The summed E-state index contributed by atoms with van der Waals surface area (Å²) in [5, 5.41) is 12.8. The van der Waals surface area contributed by atoms with Crippen molar-refractivity contribution in [2.45, 2.75) is 13.0 Å². The van der Waals surface area contributed by atoms with Gasteiger partial charge in [-0.25, -0.2) is 4.98 Å². The zero-order valence-electron chi connectivity index (χ0n) is 15.6. The molecule has 1 heterocycles. The van der Waals surface area contributed by atoms with Crippen LogP contribution in [0.4, 0.5) is 11.6 Å². The molecule has 142 valence electrons. The molecule has 0 saturated carbocycles. The topological polar surface area (TPSA) is 82.7 Å². The molecular formula is C23H19N5O. The van der Waals surface area contributed by atoms with Gasteiger partial charge in [-0.15, -0.1) is 5.10 Å². The number of nitrogens with zero attached hydrogens (tertiary/aromatic N) is 2. The first-order chi connectivity index (χ1) is 14.3. The Bertz CT molecular complexity index is 1180. The molecule has 0 unspecified atom stereocenters. The van der Waals surface area contributed by atoms with Crippen LogP contribution in [0.1, 0.15) is 27.0 Å². The lowest BCUT2D eigenvalue weighted by Crippen LogP contribution is -2.14. The third kappa shape index (κ3) is 3.36. The fourth-order valence-electron chi connectivity index (χ4n) is 3.80. The van der Waals surface area contributed by atoms with Crippen LogP contribution in [0.2, 0.25) is 0 Å². The van der Waals surface area contributed by atoms with Gasteiger partial charge in [0.2, 0.25) is 5.95 Å². The number of H-pyrrole nitrogens is 1. The minimum absolute atomic E-state index is 0.0891. The summed E-state index contributed by atoms with van der Waals surface area (Å²) in [4.78, 5) is 17.1. The van der Waals surface area contributed by atoms with E-state index in [1.807, 2.05) is 48.5 Å². The lowest BCUT2D eigenvalue weighted by atomic mass is 10.0. The lowest BCUT2D eigenvalue weighted by molar-refractivity contribution is 0.102. The first-order valence-electron chi connectivity index (χ1n) is 9.48. The number of hydrogen-bond acceptors (Lipinski definition) is 4. The second-order valence-corrected chi connectivity index (χ2v) is 7.00. The number of amides is 1. The predicted octanol–water partition coefficient (Wildman–Crippen LogP) is 4.24. The predicted molar refractivity (Wildman–Crippen MR) is 113 cm³/mol. The van der Waals surface area contributed by atoms with Crippen LogP contribution in [0.5, 0.6) is 0 Å². The zero-order valence-corrected chi connectivity index (χ0v) is 15.6. The van der Waals surface area contributed by atoms with Crippen molar-refractivity contribution in [3.8, 4) is 11.1 Å². The Morgan fingerprint density at radius 2 is 1.86 bits per heavy atom. The number of hydrogen-bond donors (Lipinski definition) is 3. The minimum atomic E-state index is -0.0891. The number of benzene rings is 3. The van der Waals surface area contributed by atoms with Gasteiger partial charge in [0.1, 0.15) is 6.33 Å². The first kappa shape index (κ1) is 17.2. The molecule has 5 rings (SSSR count). The van der Waals surface area contributed by atoms with E-state index in [-0.39, 0.29) is 5.91 Å². The Balaban J connectivity index is 1.35. The van der Waals surface area contributed by atoms with Crippen LogP contribution < -0.4 is 10.6 Å². The molecule has 1 aliphatic carbocycles. The zero-order chi connectivity index (χ0) is 19.6. The summed E-state index contributed by atoms with van der Waals surface area (Å²) in [5.41, 5.74) is 7.24. The molecular weight excluding hydrogens is 362 g/mol.